The first-order valence-corrected chi connectivity index (χ1v) is 10.0. The largest absolute Gasteiger partial charge is 0.322 e. The Morgan fingerprint density at radius 2 is 1.84 bits per heavy atom. The van der Waals surface area contributed by atoms with E-state index < -0.39 is 5.91 Å². The third kappa shape index (κ3) is 3.53. The fourth-order valence-corrected chi connectivity index (χ4v) is 3.87. The van der Waals surface area contributed by atoms with Crippen molar-refractivity contribution < 1.29 is 14.0 Å². The van der Waals surface area contributed by atoms with Crippen LogP contribution >= 0.6 is 0 Å². The van der Waals surface area contributed by atoms with Gasteiger partial charge in [-0.1, -0.05) is 18.2 Å². The summed E-state index contributed by atoms with van der Waals surface area (Å²) in [7, 11) is 0. The molecule has 0 radical (unpaired) electrons. The lowest BCUT2D eigenvalue weighted by Gasteiger charge is -2.16. The summed E-state index contributed by atoms with van der Waals surface area (Å²) in [5.41, 5.74) is 1.66. The quantitative estimate of drug-likeness (QED) is 0.519. The van der Waals surface area contributed by atoms with Crippen LogP contribution < -0.4 is 15.8 Å². The van der Waals surface area contributed by atoms with Crippen LogP contribution in [0.2, 0.25) is 0 Å². The third-order valence-electron chi connectivity index (χ3n) is 5.48. The molecule has 1 aliphatic rings. The van der Waals surface area contributed by atoms with Crippen LogP contribution in [0.1, 0.15) is 28.4 Å². The van der Waals surface area contributed by atoms with Crippen molar-refractivity contribution in [1.29, 1.82) is 0 Å². The average Bonchev–Trinajstić information content (AvgIpc) is 3.39. The van der Waals surface area contributed by atoms with Crippen LogP contribution in [0.3, 0.4) is 0 Å². The number of carbonyl (C=O) groups is 2. The highest BCUT2D eigenvalue weighted by Gasteiger charge is 2.33. The summed E-state index contributed by atoms with van der Waals surface area (Å²) in [6.45, 7) is 0.309. The molecule has 1 atom stereocenters. The molecule has 1 saturated heterocycles. The second-order valence-electron chi connectivity index (χ2n) is 7.57. The molecule has 2 N–H and O–H groups in total. The van der Waals surface area contributed by atoms with Gasteiger partial charge < -0.3 is 10.2 Å². The zero-order valence-corrected chi connectivity index (χ0v) is 16.8. The van der Waals surface area contributed by atoms with Crippen molar-refractivity contribution in [3.05, 3.63) is 94.3 Å². The monoisotopic (exact) mass is 431 g/mol. The summed E-state index contributed by atoms with van der Waals surface area (Å²) in [5, 5.41) is 5.54. The average molecular weight is 431 g/mol. The Morgan fingerprint density at radius 1 is 1.09 bits per heavy atom. The van der Waals surface area contributed by atoms with Crippen LogP contribution in [0, 0.1) is 5.82 Å². The van der Waals surface area contributed by atoms with Crippen molar-refractivity contribution in [2.75, 3.05) is 16.8 Å². The predicted molar refractivity (Wildman–Crippen MR) is 116 cm³/mol. The van der Waals surface area contributed by atoms with E-state index in [9.17, 15) is 18.8 Å². The van der Waals surface area contributed by atoms with Crippen LogP contribution in [-0.2, 0) is 4.79 Å². The molecule has 0 bridgehead atoms. The highest BCUT2D eigenvalue weighted by atomic mass is 19.1. The summed E-state index contributed by atoms with van der Waals surface area (Å²) in [4.78, 5) is 44.1. The van der Waals surface area contributed by atoms with E-state index in [2.05, 4.69) is 15.4 Å². The lowest BCUT2D eigenvalue weighted by atomic mass is 10.0. The van der Waals surface area contributed by atoms with Gasteiger partial charge in [-0.2, -0.15) is 0 Å². The Morgan fingerprint density at radius 3 is 2.59 bits per heavy atom. The number of H-pyrrole nitrogens is 1. The molecule has 3 heterocycles. The molecule has 1 fully saturated rings. The third-order valence-corrected chi connectivity index (χ3v) is 5.48. The van der Waals surface area contributed by atoms with Gasteiger partial charge in [0.1, 0.15) is 11.4 Å². The maximum absolute atomic E-state index is 13.2. The fourth-order valence-electron chi connectivity index (χ4n) is 3.87. The number of para-hydroxylation sites is 1. The summed E-state index contributed by atoms with van der Waals surface area (Å²) in [5.74, 6) is -1.26. The first kappa shape index (κ1) is 19.7. The van der Waals surface area contributed by atoms with Crippen molar-refractivity contribution in [3.8, 4) is 0 Å². The Bertz CT molecular complexity index is 1380. The first-order chi connectivity index (χ1) is 15.5. The zero-order chi connectivity index (χ0) is 22.2. The lowest BCUT2D eigenvalue weighted by Crippen LogP contribution is -2.24. The van der Waals surface area contributed by atoms with Gasteiger partial charge in [0, 0.05) is 42.5 Å². The van der Waals surface area contributed by atoms with Crippen molar-refractivity contribution in [1.82, 2.24) is 14.6 Å². The molecule has 0 spiro atoms. The molecule has 0 saturated carbocycles. The Hall–Kier alpha value is -4.27. The molecule has 0 aliphatic carbocycles. The predicted octanol–water partition coefficient (Wildman–Crippen LogP) is 2.93. The smallest absolute Gasteiger partial charge is 0.272 e. The number of nitrogens with one attached hydrogen (secondary N) is 2. The topological polar surface area (TPSA) is 99.6 Å². The molecular formula is C23H18FN5O3. The summed E-state index contributed by atoms with van der Waals surface area (Å²) in [6.07, 6.45) is 1.59. The number of halogens is 1. The van der Waals surface area contributed by atoms with Gasteiger partial charge >= 0.3 is 0 Å². The van der Waals surface area contributed by atoms with Gasteiger partial charge in [0.25, 0.3) is 11.5 Å². The van der Waals surface area contributed by atoms with Crippen LogP contribution in [0.4, 0.5) is 15.8 Å². The number of aromatic nitrogens is 3. The molecule has 2 aromatic carbocycles. The molecule has 0 unspecified atom stereocenters. The van der Waals surface area contributed by atoms with Gasteiger partial charge in [-0.15, -0.1) is 0 Å². The molecule has 9 heteroatoms. The molecule has 2 amide bonds. The molecule has 160 valence electrons. The van der Waals surface area contributed by atoms with Crippen LogP contribution in [0.25, 0.3) is 5.65 Å². The summed E-state index contributed by atoms with van der Waals surface area (Å²) < 4.78 is 14.4. The standard InChI is InChI=1S/C23H18FN5O3/c24-15-6-8-17(9-7-15)28-13-14(10-20(28)30)19-11-21(31)29-22(27-19)18(12-25-29)23(32)26-16-4-2-1-3-5-16/h1-9,11-12,14,25H,10,13H2,(H,26,32)/t14-/m0/s1. The highest BCUT2D eigenvalue weighted by molar-refractivity contribution is 6.08. The fraction of sp³-hybridized carbons (Fsp3) is 0.130. The van der Waals surface area contributed by atoms with Gasteiger partial charge in [-0.05, 0) is 36.4 Å². The number of rotatable bonds is 4. The molecule has 2 aromatic heterocycles. The SMILES string of the molecule is O=C(Nc1ccccc1)c1c[nH]n2c(=O)cc([C@H]3CC(=O)N(c4ccc(F)cc4)C3)nc12. The number of carbonyl (C=O) groups excluding carboxylic acids is 2. The van der Waals surface area contributed by atoms with E-state index in [1.54, 1.807) is 41.3 Å². The lowest BCUT2D eigenvalue weighted by molar-refractivity contribution is -0.117. The first-order valence-electron chi connectivity index (χ1n) is 10.0. The van der Waals surface area contributed by atoms with Crippen molar-refractivity contribution in [2.45, 2.75) is 12.3 Å². The Labute approximate surface area is 181 Å². The van der Waals surface area contributed by atoms with Crippen molar-refractivity contribution in [2.24, 2.45) is 0 Å². The number of nitrogens with zero attached hydrogens (tertiary/aromatic N) is 3. The molecule has 4 aromatic rings. The van der Waals surface area contributed by atoms with Crippen molar-refractivity contribution >= 4 is 28.8 Å². The number of fused-ring (bicyclic) bond motifs is 1. The Kier molecular flexibility index (Phi) is 4.78. The van der Waals surface area contributed by atoms with Crippen molar-refractivity contribution in [3.63, 3.8) is 0 Å². The molecule has 32 heavy (non-hydrogen) atoms. The van der Waals surface area contributed by atoms with E-state index in [1.807, 2.05) is 6.07 Å². The zero-order valence-electron chi connectivity index (χ0n) is 16.8. The maximum Gasteiger partial charge on any atom is 0.272 e. The van der Waals surface area contributed by atoms with Gasteiger partial charge in [-0.25, -0.2) is 13.9 Å². The minimum absolute atomic E-state index is 0.139. The van der Waals surface area contributed by atoms with E-state index >= 15 is 0 Å². The van der Waals surface area contributed by atoms with Gasteiger partial charge in [-0.3, -0.25) is 19.5 Å². The summed E-state index contributed by atoms with van der Waals surface area (Å²) >= 11 is 0. The number of aromatic amines is 1. The second-order valence-corrected chi connectivity index (χ2v) is 7.57. The van der Waals surface area contributed by atoms with Crippen LogP contribution in [0.5, 0.6) is 0 Å². The number of hydrogen-bond acceptors (Lipinski definition) is 4. The van der Waals surface area contributed by atoms with E-state index in [4.69, 9.17) is 0 Å². The number of benzene rings is 2. The number of anilines is 2. The normalized spacial score (nSPS) is 16.0. The van der Waals surface area contributed by atoms with E-state index in [-0.39, 0.29) is 40.8 Å². The van der Waals surface area contributed by atoms with E-state index in [1.165, 1.54) is 28.9 Å². The molecule has 8 nitrogen and oxygen atoms in total. The van der Waals surface area contributed by atoms with E-state index in [0.717, 1.165) is 0 Å². The number of hydrogen-bond donors (Lipinski definition) is 2. The number of amides is 2. The molecule has 1 aliphatic heterocycles. The van der Waals surface area contributed by atoms with Crippen LogP contribution in [-0.4, -0.2) is 33.0 Å². The second kappa shape index (κ2) is 7.77. The Balaban J connectivity index is 1.46. The highest BCUT2D eigenvalue weighted by Crippen LogP contribution is 2.31. The van der Waals surface area contributed by atoms with Crippen LogP contribution in [0.15, 0.2) is 71.7 Å². The summed E-state index contributed by atoms with van der Waals surface area (Å²) in [6, 6.07) is 16.0. The van der Waals surface area contributed by atoms with E-state index in [0.29, 0.717) is 23.6 Å². The molecular weight excluding hydrogens is 413 g/mol. The molecule has 5 rings (SSSR count). The minimum Gasteiger partial charge on any atom is -0.322 e. The maximum atomic E-state index is 13.2. The van der Waals surface area contributed by atoms with Gasteiger partial charge in [0.15, 0.2) is 5.65 Å². The minimum atomic E-state index is -0.408. The van der Waals surface area contributed by atoms with Gasteiger partial charge in [0.05, 0.1) is 5.69 Å². The van der Waals surface area contributed by atoms with Gasteiger partial charge in [0.2, 0.25) is 5.91 Å².